The van der Waals surface area contributed by atoms with Gasteiger partial charge in [0.25, 0.3) is 0 Å². The molecule has 0 fully saturated rings. The number of aryl methyl sites for hydroxylation is 1. The van der Waals surface area contributed by atoms with Crippen molar-refractivity contribution < 1.29 is 0 Å². The third kappa shape index (κ3) is 6.90. The average Bonchev–Trinajstić information content (AvgIpc) is 3.10. The molecule has 2 aromatic rings. The number of hydrogen-bond donors (Lipinski definition) is 3. The molecule has 0 aliphatic carbocycles. The lowest BCUT2D eigenvalue weighted by atomic mass is 10.1. The summed E-state index contributed by atoms with van der Waals surface area (Å²) in [7, 11) is 1.84. The van der Waals surface area contributed by atoms with E-state index in [1.54, 1.807) is 0 Å². The summed E-state index contributed by atoms with van der Waals surface area (Å²) >= 11 is 0. The highest BCUT2D eigenvalue weighted by molar-refractivity contribution is 5.83. The summed E-state index contributed by atoms with van der Waals surface area (Å²) in [5.41, 5.74) is 2.61. The summed E-state index contributed by atoms with van der Waals surface area (Å²) in [5.74, 6) is 0.907. The number of aromatic nitrogens is 1. The number of aromatic amines is 1. The minimum atomic E-state index is 0.431. The Labute approximate surface area is 164 Å². The highest BCUT2D eigenvalue weighted by Gasteiger charge is 2.07. The van der Waals surface area contributed by atoms with E-state index in [2.05, 4.69) is 76.7 Å². The maximum Gasteiger partial charge on any atom is 0.191 e. The van der Waals surface area contributed by atoms with Gasteiger partial charge >= 0.3 is 0 Å². The number of hydrogen-bond acceptors (Lipinski definition) is 2. The molecule has 3 N–H and O–H groups in total. The van der Waals surface area contributed by atoms with Gasteiger partial charge in [0.1, 0.15) is 0 Å². The number of guanidine groups is 1. The van der Waals surface area contributed by atoms with Crippen molar-refractivity contribution in [1.82, 2.24) is 20.5 Å². The number of nitrogens with one attached hydrogen (secondary N) is 3. The molecule has 0 aliphatic heterocycles. The molecule has 1 heterocycles. The van der Waals surface area contributed by atoms with Crippen LogP contribution in [0, 0.1) is 0 Å². The van der Waals surface area contributed by atoms with E-state index in [4.69, 9.17) is 0 Å². The first-order chi connectivity index (χ1) is 13.2. The predicted molar refractivity (Wildman–Crippen MR) is 118 cm³/mol. The van der Waals surface area contributed by atoms with E-state index in [1.165, 1.54) is 29.4 Å². The Morgan fingerprint density at radius 3 is 2.70 bits per heavy atom. The number of nitrogens with zero attached hydrogens (tertiary/aromatic N) is 2. The quantitative estimate of drug-likeness (QED) is 0.320. The van der Waals surface area contributed by atoms with Crippen molar-refractivity contribution in [2.24, 2.45) is 4.99 Å². The topological polar surface area (TPSA) is 55.4 Å². The van der Waals surface area contributed by atoms with E-state index in [9.17, 15) is 0 Å². The van der Waals surface area contributed by atoms with Crippen LogP contribution in [0.4, 0.5) is 0 Å². The molecule has 5 heteroatoms. The first-order valence-corrected chi connectivity index (χ1v) is 10.4. The molecule has 0 saturated heterocycles. The van der Waals surface area contributed by atoms with Crippen molar-refractivity contribution in [2.45, 2.75) is 52.5 Å². The van der Waals surface area contributed by atoms with Crippen molar-refractivity contribution in [3.05, 3.63) is 36.0 Å². The van der Waals surface area contributed by atoms with Crippen LogP contribution in [0.2, 0.25) is 0 Å². The SMILES string of the molecule is CCN(CC)CCCC(C)NC(=NC)NCCCc1c[nH]c2ccccc12. The fourth-order valence-electron chi connectivity index (χ4n) is 3.49. The molecule has 27 heavy (non-hydrogen) atoms. The molecule has 150 valence electrons. The summed E-state index contributed by atoms with van der Waals surface area (Å²) in [5, 5.41) is 8.30. The third-order valence-corrected chi connectivity index (χ3v) is 5.20. The molecule has 0 bridgehead atoms. The van der Waals surface area contributed by atoms with E-state index in [-0.39, 0.29) is 0 Å². The third-order valence-electron chi connectivity index (χ3n) is 5.20. The van der Waals surface area contributed by atoms with Gasteiger partial charge in [-0.2, -0.15) is 0 Å². The smallest absolute Gasteiger partial charge is 0.191 e. The van der Waals surface area contributed by atoms with E-state index >= 15 is 0 Å². The molecule has 1 aromatic heterocycles. The lowest BCUT2D eigenvalue weighted by molar-refractivity contribution is 0.292. The van der Waals surface area contributed by atoms with Gasteiger partial charge in [-0.05, 0) is 63.9 Å². The van der Waals surface area contributed by atoms with Crippen molar-refractivity contribution >= 4 is 16.9 Å². The van der Waals surface area contributed by atoms with Crippen LogP contribution in [-0.4, -0.2) is 55.1 Å². The average molecular weight is 372 g/mol. The summed E-state index contributed by atoms with van der Waals surface area (Å²) in [6, 6.07) is 8.92. The van der Waals surface area contributed by atoms with Crippen LogP contribution in [0.1, 0.15) is 45.6 Å². The minimum Gasteiger partial charge on any atom is -0.361 e. The molecule has 5 nitrogen and oxygen atoms in total. The Kier molecular flexibility index (Phi) is 9.19. The number of para-hydroxylation sites is 1. The molecular weight excluding hydrogens is 334 g/mol. The standard InChI is InChI=1S/C22H37N5/c1-5-27(6-2)16-10-11-18(3)26-22(23-4)24-15-9-12-19-17-25-21-14-8-7-13-20(19)21/h7-8,13-14,17-18,25H,5-6,9-12,15-16H2,1-4H3,(H2,23,24,26). The fourth-order valence-corrected chi connectivity index (χ4v) is 3.49. The Hall–Kier alpha value is -2.01. The minimum absolute atomic E-state index is 0.431. The maximum absolute atomic E-state index is 4.37. The zero-order chi connectivity index (χ0) is 19.5. The second-order valence-corrected chi connectivity index (χ2v) is 7.18. The molecule has 0 spiro atoms. The number of benzene rings is 1. The molecule has 0 radical (unpaired) electrons. The van der Waals surface area contributed by atoms with E-state index in [1.807, 2.05) is 7.05 Å². The monoisotopic (exact) mass is 371 g/mol. The summed E-state index contributed by atoms with van der Waals surface area (Å²) < 4.78 is 0. The number of rotatable bonds is 11. The second kappa shape index (κ2) is 11.7. The first kappa shape index (κ1) is 21.3. The normalized spacial score (nSPS) is 13.3. The van der Waals surface area contributed by atoms with Crippen LogP contribution >= 0.6 is 0 Å². The van der Waals surface area contributed by atoms with Gasteiger partial charge in [0.15, 0.2) is 5.96 Å². The zero-order valence-corrected chi connectivity index (χ0v) is 17.5. The van der Waals surface area contributed by atoms with Crippen molar-refractivity contribution in [1.29, 1.82) is 0 Å². The van der Waals surface area contributed by atoms with Crippen molar-refractivity contribution in [3.8, 4) is 0 Å². The first-order valence-electron chi connectivity index (χ1n) is 10.4. The molecule has 1 aromatic carbocycles. The number of aliphatic imine (C=N–C) groups is 1. The van der Waals surface area contributed by atoms with E-state index < -0.39 is 0 Å². The fraction of sp³-hybridized carbons (Fsp3) is 0.591. The van der Waals surface area contributed by atoms with Crippen LogP contribution in [0.5, 0.6) is 0 Å². The lowest BCUT2D eigenvalue weighted by Crippen LogP contribution is -2.42. The zero-order valence-electron chi connectivity index (χ0n) is 17.5. The van der Waals surface area contributed by atoms with Crippen molar-refractivity contribution in [3.63, 3.8) is 0 Å². The summed E-state index contributed by atoms with van der Waals surface area (Å²) in [6.07, 6.45) is 6.65. The molecule has 0 saturated carbocycles. The van der Waals surface area contributed by atoms with Crippen molar-refractivity contribution in [2.75, 3.05) is 33.2 Å². The molecule has 1 unspecified atom stereocenters. The van der Waals surface area contributed by atoms with Gasteiger partial charge in [0, 0.05) is 36.7 Å². The van der Waals surface area contributed by atoms with Crippen LogP contribution in [0.15, 0.2) is 35.5 Å². The number of fused-ring (bicyclic) bond motifs is 1. The Morgan fingerprint density at radius 1 is 1.19 bits per heavy atom. The van der Waals surface area contributed by atoms with Gasteiger partial charge in [-0.15, -0.1) is 0 Å². The van der Waals surface area contributed by atoms with Crippen LogP contribution in [0.3, 0.4) is 0 Å². The lowest BCUT2D eigenvalue weighted by Gasteiger charge is -2.21. The Bertz CT molecular complexity index is 687. The van der Waals surface area contributed by atoms with Gasteiger partial charge in [-0.3, -0.25) is 4.99 Å². The van der Waals surface area contributed by atoms with Crippen LogP contribution in [-0.2, 0) is 6.42 Å². The number of H-pyrrole nitrogens is 1. The van der Waals surface area contributed by atoms with Crippen LogP contribution in [0.25, 0.3) is 10.9 Å². The molecule has 0 aliphatic rings. The van der Waals surface area contributed by atoms with Gasteiger partial charge in [0.05, 0.1) is 0 Å². The Morgan fingerprint density at radius 2 is 1.96 bits per heavy atom. The predicted octanol–water partition coefficient (Wildman–Crippen LogP) is 3.78. The second-order valence-electron chi connectivity index (χ2n) is 7.18. The molecule has 1 atom stereocenters. The van der Waals surface area contributed by atoms with E-state index in [0.717, 1.165) is 44.9 Å². The highest BCUT2D eigenvalue weighted by atomic mass is 15.2. The largest absolute Gasteiger partial charge is 0.361 e. The summed E-state index contributed by atoms with van der Waals surface area (Å²) in [4.78, 5) is 10.2. The summed E-state index contributed by atoms with van der Waals surface area (Å²) in [6.45, 7) is 11.1. The Balaban J connectivity index is 1.66. The molecular formula is C22H37N5. The van der Waals surface area contributed by atoms with E-state index in [0.29, 0.717) is 6.04 Å². The van der Waals surface area contributed by atoms with Gasteiger partial charge in [0.2, 0.25) is 0 Å². The van der Waals surface area contributed by atoms with Gasteiger partial charge in [-0.25, -0.2) is 0 Å². The highest BCUT2D eigenvalue weighted by Crippen LogP contribution is 2.18. The van der Waals surface area contributed by atoms with Gasteiger partial charge < -0.3 is 20.5 Å². The molecule has 0 amide bonds. The molecule has 2 rings (SSSR count). The van der Waals surface area contributed by atoms with Gasteiger partial charge in [-0.1, -0.05) is 32.0 Å². The van der Waals surface area contributed by atoms with Crippen LogP contribution < -0.4 is 10.6 Å². The maximum atomic E-state index is 4.37.